The third-order valence-electron chi connectivity index (χ3n) is 3.17. The number of benzene rings is 2. The van der Waals surface area contributed by atoms with Gasteiger partial charge in [0.25, 0.3) is 0 Å². The smallest absolute Gasteiger partial charge is 0.172 e. The van der Waals surface area contributed by atoms with Crippen molar-refractivity contribution in [1.82, 2.24) is 15.0 Å². The summed E-state index contributed by atoms with van der Waals surface area (Å²) < 4.78 is 14.6. The van der Waals surface area contributed by atoms with E-state index in [9.17, 15) is 9.18 Å². The van der Waals surface area contributed by atoms with Gasteiger partial charge in [0.1, 0.15) is 5.82 Å². The predicted molar refractivity (Wildman–Crippen MR) is 76.3 cm³/mol. The molecule has 3 rings (SSSR count). The van der Waals surface area contributed by atoms with Gasteiger partial charge in [0.2, 0.25) is 0 Å². The van der Waals surface area contributed by atoms with E-state index < -0.39 is 0 Å². The zero-order valence-corrected chi connectivity index (χ0v) is 11.1. The third-order valence-corrected chi connectivity index (χ3v) is 3.17. The summed E-state index contributed by atoms with van der Waals surface area (Å²) in [4.78, 5) is 11.1. The Balaban J connectivity index is 2.01. The fraction of sp³-hybridized carbons (Fsp3) is 0.0625. The van der Waals surface area contributed by atoms with Crippen LogP contribution >= 0.6 is 0 Å². The maximum Gasteiger partial charge on any atom is 0.172 e. The van der Waals surface area contributed by atoms with Crippen molar-refractivity contribution in [3.8, 4) is 11.3 Å². The van der Waals surface area contributed by atoms with Gasteiger partial charge in [-0.1, -0.05) is 47.7 Å². The Morgan fingerprint density at radius 3 is 2.43 bits per heavy atom. The first kappa shape index (κ1) is 13.2. The van der Waals surface area contributed by atoms with E-state index in [0.717, 1.165) is 11.1 Å². The number of rotatable bonds is 4. The van der Waals surface area contributed by atoms with Crippen LogP contribution in [0.4, 0.5) is 4.39 Å². The molecule has 0 saturated carbocycles. The Bertz CT molecular complexity index is 751. The van der Waals surface area contributed by atoms with Crippen LogP contribution in [0, 0.1) is 5.82 Å². The predicted octanol–water partition coefficient (Wildman–Crippen LogP) is 2.95. The van der Waals surface area contributed by atoms with Gasteiger partial charge >= 0.3 is 0 Å². The van der Waals surface area contributed by atoms with E-state index in [1.165, 1.54) is 12.1 Å². The van der Waals surface area contributed by atoms with Crippen molar-refractivity contribution >= 4 is 6.29 Å². The lowest BCUT2D eigenvalue weighted by Crippen LogP contribution is -2.04. The standard InChI is InChI=1S/C16H12FN3O/c17-14-8-6-12(7-9-14)10-20-16(15(11-21)18-19-20)13-4-2-1-3-5-13/h1-9,11H,10H2. The van der Waals surface area contributed by atoms with Crippen LogP contribution in [-0.2, 0) is 6.54 Å². The molecule has 0 saturated heterocycles. The summed E-state index contributed by atoms with van der Waals surface area (Å²) >= 11 is 0. The van der Waals surface area contributed by atoms with Gasteiger partial charge in [-0.05, 0) is 17.7 Å². The molecule has 1 aromatic heterocycles. The molecule has 0 spiro atoms. The van der Waals surface area contributed by atoms with Gasteiger partial charge in [0.05, 0.1) is 12.2 Å². The van der Waals surface area contributed by atoms with Crippen molar-refractivity contribution in [3.05, 3.63) is 71.7 Å². The molecule has 0 amide bonds. The van der Waals surface area contributed by atoms with Gasteiger partial charge in [-0.15, -0.1) is 5.10 Å². The second kappa shape index (κ2) is 5.66. The lowest BCUT2D eigenvalue weighted by Gasteiger charge is -2.07. The minimum Gasteiger partial charge on any atom is -0.296 e. The van der Waals surface area contributed by atoms with Crippen molar-refractivity contribution in [2.45, 2.75) is 6.54 Å². The monoisotopic (exact) mass is 281 g/mol. The Kier molecular flexibility index (Phi) is 3.55. The quantitative estimate of drug-likeness (QED) is 0.691. The van der Waals surface area contributed by atoms with E-state index >= 15 is 0 Å². The van der Waals surface area contributed by atoms with E-state index in [0.29, 0.717) is 24.2 Å². The Morgan fingerprint density at radius 1 is 1.05 bits per heavy atom. The largest absolute Gasteiger partial charge is 0.296 e. The molecule has 0 unspecified atom stereocenters. The number of aldehydes is 1. The van der Waals surface area contributed by atoms with Crippen LogP contribution in [0.3, 0.4) is 0 Å². The normalized spacial score (nSPS) is 10.5. The number of carbonyl (C=O) groups is 1. The van der Waals surface area contributed by atoms with Gasteiger partial charge in [0.15, 0.2) is 12.0 Å². The zero-order chi connectivity index (χ0) is 14.7. The molecule has 21 heavy (non-hydrogen) atoms. The maximum absolute atomic E-state index is 12.9. The summed E-state index contributed by atoms with van der Waals surface area (Å²) in [5.41, 5.74) is 2.71. The highest BCUT2D eigenvalue weighted by Crippen LogP contribution is 2.21. The van der Waals surface area contributed by atoms with Gasteiger partial charge < -0.3 is 0 Å². The lowest BCUT2D eigenvalue weighted by atomic mass is 10.1. The molecule has 0 aliphatic carbocycles. The van der Waals surface area contributed by atoms with Gasteiger partial charge in [0, 0.05) is 5.56 Å². The van der Waals surface area contributed by atoms with E-state index in [2.05, 4.69) is 10.3 Å². The third kappa shape index (κ3) is 2.72. The van der Waals surface area contributed by atoms with Crippen LogP contribution in [0.25, 0.3) is 11.3 Å². The van der Waals surface area contributed by atoms with E-state index in [-0.39, 0.29) is 5.82 Å². The highest BCUT2D eigenvalue weighted by atomic mass is 19.1. The average Bonchev–Trinajstić information content (AvgIpc) is 2.93. The maximum atomic E-state index is 12.9. The summed E-state index contributed by atoms with van der Waals surface area (Å²) in [6.07, 6.45) is 0.691. The Morgan fingerprint density at radius 2 is 1.76 bits per heavy atom. The molecule has 1 heterocycles. The number of hydrogen-bond donors (Lipinski definition) is 0. The van der Waals surface area contributed by atoms with Crippen LogP contribution in [0.2, 0.25) is 0 Å². The average molecular weight is 281 g/mol. The molecule has 104 valence electrons. The molecule has 5 heteroatoms. The van der Waals surface area contributed by atoms with Gasteiger partial charge in [-0.2, -0.15) is 0 Å². The summed E-state index contributed by atoms with van der Waals surface area (Å²) in [5, 5.41) is 7.92. The molecule has 0 N–H and O–H groups in total. The van der Waals surface area contributed by atoms with Crippen LogP contribution in [0.5, 0.6) is 0 Å². The van der Waals surface area contributed by atoms with Crippen LogP contribution in [0.1, 0.15) is 16.1 Å². The number of aromatic nitrogens is 3. The number of nitrogens with zero attached hydrogens (tertiary/aromatic N) is 3. The molecular formula is C16H12FN3O. The summed E-state index contributed by atoms with van der Waals surface area (Å²) in [6, 6.07) is 15.6. The first-order valence-corrected chi connectivity index (χ1v) is 6.46. The van der Waals surface area contributed by atoms with Crippen molar-refractivity contribution in [2.75, 3.05) is 0 Å². The number of hydrogen-bond acceptors (Lipinski definition) is 3. The van der Waals surface area contributed by atoms with E-state index in [1.54, 1.807) is 16.8 Å². The molecule has 2 aromatic carbocycles. The second-order valence-corrected chi connectivity index (χ2v) is 4.59. The fourth-order valence-corrected chi connectivity index (χ4v) is 2.17. The van der Waals surface area contributed by atoms with Crippen LogP contribution < -0.4 is 0 Å². The van der Waals surface area contributed by atoms with Crippen LogP contribution in [-0.4, -0.2) is 21.3 Å². The molecule has 0 radical (unpaired) electrons. The Hall–Kier alpha value is -2.82. The molecule has 0 bridgehead atoms. The molecular weight excluding hydrogens is 269 g/mol. The lowest BCUT2D eigenvalue weighted by molar-refractivity contribution is 0.111. The SMILES string of the molecule is O=Cc1nnn(Cc2ccc(F)cc2)c1-c1ccccc1. The minimum absolute atomic E-state index is 0.283. The first-order valence-electron chi connectivity index (χ1n) is 6.46. The number of carbonyl (C=O) groups excluding carboxylic acids is 1. The first-order chi connectivity index (χ1) is 10.3. The van der Waals surface area contributed by atoms with Crippen molar-refractivity contribution in [2.24, 2.45) is 0 Å². The van der Waals surface area contributed by atoms with Crippen molar-refractivity contribution in [1.29, 1.82) is 0 Å². The number of halogens is 1. The summed E-state index contributed by atoms with van der Waals surface area (Å²) in [7, 11) is 0. The second-order valence-electron chi connectivity index (χ2n) is 4.59. The van der Waals surface area contributed by atoms with Crippen molar-refractivity contribution in [3.63, 3.8) is 0 Å². The summed E-state index contributed by atoms with van der Waals surface area (Å²) in [6.45, 7) is 0.422. The topological polar surface area (TPSA) is 47.8 Å². The minimum atomic E-state index is -0.283. The van der Waals surface area contributed by atoms with Crippen molar-refractivity contribution < 1.29 is 9.18 Å². The van der Waals surface area contributed by atoms with E-state index in [1.807, 2.05) is 30.3 Å². The molecule has 3 aromatic rings. The van der Waals surface area contributed by atoms with E-state index in [4.69, 9.17) is 0 Å². The van der Waals surface area contributed by atoms with Gasteiger partial charge in [-0.25, -0.2) is 9.07 Å². The molecule has 0 aliphatic rings. The molecule has 4 nitrogen and oxygen atoms in total. The Labute approximate surface area is 120 Å². The van der Waals surface area contributed by atoms with Gasteiger partial charge in [-0.3, -0.25) is 4.79 Å². The molecule has 0 aliphatic heterocycles. The zero-order valence-electron chi connectivity index (χ0n) is 11.1. The highest BCUT2D eigenvalue weighted by Gasteiger charge is 2.14. The fourth-order valence-electron chi connectivity index (χ4n) is 2.17. The molecule has 0 atom stereocenters. The highest BCUT2D eigenvalue weighted by molar-refractivity contribution is 5.83. The molecule has 0 fully saturated rings. The van der Waals surface area contributed by atoms with Crippen LogP contribution in [0.15, 0.2) is 54.6 Å². The summed E-state index contributed by atoms with van der Waals surface area (Å²) in [5.74, 6) is -0.283.